The number of carbonyl (C=O) groups excluding carboxylic acids is 1. The van der Waals surface area contributed by atoms with Gasteiger partial charge in [0.25, 0.3) is 0 Å². The van der Waals surface area contributed by atoms with Gasteiger partial charge in [-0.05, 0) is 96.6 Å². The SMILES string of the molecule is C=CC.C=CNC(/C=C(\C)Nc1ccc(Oc2ccccc2)cc1)=NC1CCCN(C=O)C1.CCC.SI. The second-order valence-corrected chi connectivity index (χ2v) is 8.27. The number of aliphatic imine (C=N–C) groups is 1. The number of amidine groups is 1. The van der Waals surface area contributed by atoms with Gasteiger partial charge >= 0.3 is 0 Å². The molecule has 0 saturated carbocycles. The van der Waals surface area contributed by atoms with Crippen molar-refractivity contribution in [1.82, 2.24) is 10.2 Å². The van der Waals surface area contributed by atoms with Crippen molar-refractivity contribution in [3.05, 3.63) is 91.8 Å². The highest BCUT2D eigenvalue weighted by Crippen LogP contribution is 2.23. The Labute approximate surface area is 247 Å². The molecule has 1 saturated heterocycles. The largest absolute Gasteiger partial charge is 0.457 e. The van der Waals surface area contributed by atoms with E-state index in [4.69, 9.17) is 9.73 Å². The molecule has 1 amide bonds. The Bertz CT molecular complexity index is 966. The number of likely N-dealkylation sites (tertiary alicyclic amines) is 1. The Kier molecular flexibility index (Phi) is 21.7. The Morgan fingerprint density at radius 2 is 1.71 bits per heavy atom. The maximum absolute atomic E-state index is 11.0. The van der Waals surface area contributed by atoms with Crippen LogP contribution in [0, 0.1) is 0 Å². The van der Waals surface area contributed by atoms with Crippen LogP contribution in [-0.2, 0) is 4.79 Å². The number of thiol groups is 1. The van der Waals surface area contributed by atoms with Gasteiger partial charge in [-0.3, -0.25) is 9.79 Å². The minimum Gasteiger partial charge on any atom is -0.457 e. The Morgan fingerprint density at radius 1 is 1.13 bits per heavy atom. The predicted octanol–water partition coefficient (Wildman–Crippen LogP) is 8.42. The molecule has 2 N–H and O–H groups in total. The summed E-state index contributed by atoms with van der Waals surface area (Å²) in [4.78, 5) is 17.6. The quantitative estimate of drug-likeness (QED) is 0.0671. The highest BCUT2D eigenvalue weighted by atomic mass is 127. The number of anilines is 1. The van der Waals surface area contributed by atoms with Crippen LogP contribution < -0.4 is 15.4 Å². The molecular weight excluding hydrogens is 607 g/mol. The number of rotatable bonds is 8. The fraction of sp³-hybridized carbons (Fsp3) is 0.333. The van der Waals surface area contributed by atoms with Gasteiger partial charge in [0.2, 0.25) is 6.41 Å². The van der Waals surface area contributed by atoms with Crippen molar-refractivity contribution in [3.63, 3.8) is 0 Å². The smallest absolute Gasteiger partial charge is 0.209 e. The van der Waals surface area contributed by atoms with E-state index in [2.05, 4.69) is 47.4 Å². The minimum absolute atomic E-state index is 0.0878. The van der Waals surface area contributed by atoms with Crippen LogP contribution in [0.5, 0.6) is 11.5 Å². The van der Waals surface area contributed by atoms with Crippen molar-refractivity contribution in [2.75, 3.05) is 18.4 Å². The summed E-state index contributed by atoms with van der Waals surface area (Å²) in [6.07, 6.45) is 9.38. The van der Waals surface area contributed by atoms with E-state index >= 15 is 0 Å². The first-order valence-electron chi connectivity index (χ1n) is 12.7. The first kappa shape index (κ1) is 35.3. The summed E-state index contributed by atoms with van der Waals surface area (Å²) in [5.74, 6) is 2.30. The van der Waals surface area contributed by atoms with E-state index in [-0.39, 0.29) is 6.04 Å². The van der Waals surface area contributed by atoms with Gasteiger partial charge in [0.1, 0.15) is 17.3 Å². The number of hydrogen-bond acceptors (Lipinski definition) is 5. The molecule has 0 radical (unpaired) electrons. The molecule has 0 bridgehead atoms. The minimum atomic E-state index is 0.0878. The number of piperidine rings is 1. The molecule has 1 fully saturated rings. The monoisotopic (exact) mass is 650 g/mol. The predicted molar refractivity (Wildman–Crippen MR) is 177 cm³/mol. The van der Waals surface area contributed by atoms with Crippen molar-refractivity contribution >= 4 is 48.9 Å². The first-order valence-corrected chi connectivity index (χ1v) is 15.9. The lowest BCUT2D eigenvalue weighted by molar-refractivity contribution is -0.119. The van der Waals surface area contributed by atoms with Crippen LogP contribution in [0.15, 0.2) is 96.8 Å². The Hall–Kier alpha value is -2.72. The van der Waals surface area contributed by atoms with E-state index in [1.165, 1.54) is 6.42 Å². The molecule has 2 aromatic carbocycles. The van der Waals surface area contributed by atoms with Crippen LogP contribution in [0.2, 0.25) is 0 Å². The van der Waals surface area contributed by atoms with E-state index in [1.807, 2.05) is 95.7 Å². The van der Waals surface area contributed by atoms with E-state index < -0.39 is 0 Å². The zero-order valence-corrected chi connectivity index (χ0v) is 26.1. The molecule has 38 heavy (non-hydrogen) atoms. The number of nitrogens with zero attached hydrogens (tertiary/aromatic N) is 2. The molecule has 1 aliphatic rings. The number of nitrogens with one attached hydrogen (secondary N) is 2. The molecule has 0 aliphatic carbocycles. The summed E-state index contributed by atoms with van der Waals surface area (Å²) in [5.41, 5.74) is 1.88. The van der Waals surface area contributed by atoms with E-state index in [9.17, 15) is 4.79 Å². The van der Waals surface area contributed by atoms with Gasteiger partial charge in [0.15, 0.2) is 0 Å². The topological polar surface area (TPSA) is 66.0 Å². The van der Waals surface area contributed by atoms with Crippen LogP contribution in [0.25, 0.3) is 0 Å². The number of para-hydroxylation sites is 1. The summed E-state index contributed by atoms with van der Waals surface area (Å²) in [5, 5.41) is 6.45. The molecule has 0 aromatic heterocycles. The molecule has 0 spiro atoms. The summed E-state index contributed by atoms with van der Waals surface area (Å²) >= 11 is 1.84. The summed E-state index contributed by atoms with van der Waals surface area (Å²) in [6, 6.07) is 17.6. The lowest BCUT2D eigenvalue weighted by Crippen LogP contribution is -2.37. The van der Waals surface area contributed by atoms with Gasteiger partial charge in [0, 0.05) is 24.5 Å². The maximum Gasteiger partial charge on any atom is 0.209 e. The van der Waals surface area contributed by atoms with Crippen LogP contribution in [-0.4, -0.2) is 36.3 Å². The third kappa shape index (κ3) is 16.2. The second-order valence-electron chi connectivity index (χ2n) is 8.27. The maximum atomic E-state index is 11.0. The number of ether oxygens (including phenoxy) is 1. The van der Waals surface area contributed by atoms with Crippen LogP contribution in [0.1, 0.15) is 47.0 Å². The molecule has 1 atom stereocenters. The highest BCUT2D eigenvalue weighted by molar-refractivity contribution is 14.2. The third-order valence-electron chi connectivity index (χ3n) is 4.68. The molecule has 2 aromatic rings. The number of amides is 1. The van der Waals surface area contributed by atoms with Gasteiger partial charge < -0.3 is 20.3 Å². The summed E-state index contributed by atoms with van der Waals surface area (Å²) < 4.78 is 5.83. The average Bonchev–Trinajstić information content (AvgIpc) is 2.93. The van der Waals surface area contributed by atoms with Crippen LogP contribution >= 0.6 is 31.0 Å². The first-order chi connectivity index (χ1) is 18.5. The third-order valence-corrected chi connectivity index (χ3v) is 4.68. The Balaban J connectivity index is 0.00000153. The highest BCUT2D eigenvalue weighted by Gasteiger charge is 2.18. The van der Waals surface area contributed by atoms with Crippen molar-refractivity contribution in [2.24, 2.45) is 4.99 Å². The standard InChI is InChI=1S/C24H28N4O2.C3H8.C3H6.HIS/c1-3-25-24(27-21-8-7-15-28(17-21)18-29)16-19(2)26-20-11-13-23(14-12-20)30-22-9-5-4-6-10-22;2*1-3-2;1-2/h3-6,9-14,16,18,21,26H,1,7-8,15,17H2,2H3,(H,25,27);3H2,1-2H3;3H,1H2,2H3;2H/b19-16+;;;. The molecule has 8 heteroatoms. The lowest BCUT2D eigenvalue weighted by atomic mass is 10.1. The van der Waals surface area contributed by atoms with Gasteiger partial charge in [-0.25, -0.2) is 0 Å². The second kappa shape index (κ2) is 23.4. The van der Waals surface area contributed by atoms with E-state index in [0.29, 0.717) is 6.54 Å². The van der Waals surface area contributed by atoms with Crippen molar-refractivity contribution < 1.29 is 9.53 Å². The number of allylic oxidation sites excluding steroid dienone is 2. The van der Waals surface area contributed by atoms with E-state index in [1.54, 1.807) is 17.2 Å². The van der Waals surface area contributed by atoms with Crippen molar-refractivity contribution in [3.8, 4) is 11.5 Å². The van der Waals surface area contributed by atoms with Gasteiger partial charge in [-0.15, -0.1) is 16.4 Å². The molecule has 1 unspecified atom stereocenters. The average molecular weight is 651 g/mol. The molecule has 1 heterocycles. The van der Waals surface area contributed by atoms with Crippen LogP contribution in [0.4, 0.5) is 5.69 Å². The molecule has 6 nitrogen and oxygen atoms in total. The van der Waals surface area contributed by atoms with Crippen molar-refractivity contribution in [1.29, 1.82) is 0 Å². The summed E-state index contributed by atoms with van der Waals surface area (Å²) in [6.45, 7) is 16.7. The number of carbonyl (C=O) groups is 1. The van der Waals surface area contributed by atoms with E-state index in [0.717, 1.165) is 54.5 Å². The number of halogens is 1. The van der Waals surface area contributed by atoms with Gasteiger partial charge in [-0.2, -0.15) is 0 Å². The number of benzene rings is 2. The zero-order chi connectivity index (χ0) is 28.6. The molecule has 1 aliphatic heterocycles. The fourth-order valence-electron chi connectivity index (χ4n) is 3.30. The van der Waals surface area contributed by atoms with Gasteiger partial charge in [-0.1, -0.05) is 51.1 Å². The normalized spacial score (nSPS) is 14.6. The molecule has 3 rings (SSSR count). The van der Waals surface area contributed by atoms with Gasteiger partial charge in [0.05, 0.1) is 6.04 Å². The molecular formula is C30H43IN4O2S. The van der Waals surface area contributed by atoms with Crippen molar-refractivity contribution in [2.45, 2.75) is 53.0 Å². The summed E-state index contributed by atoms with van der Waals surface area (Å²) in [7, 11) is 3.50. The Morgan fingerprint density at radius 3 is 2.26 bits per heavy atom. The fourth-order valence-corrected chi connectivity index (χ4v) is 3.30. The van der Waals surface area contributed by atoms with Crippen LogP contribution in [0.3, 0.4) is 0 Å². The number of hydrogen-bond donors (Lipinski definition) is 3. The lowest BCUT2D eigenvalue weighted by Gasteiger charge is -2.27. The zero-order valence-electron chi connectivity index (χ0n) is 23.1. The molecule has 208 valence electrons.